The molecule has 0 aliphatic rings. The summed E-state index contributed by atoms with van der Waals surface area (Å²) < 4.78 is 9.08. The van der Waals surface area contributed by atoms with Crippen LogP contribution in [0.3, 0.4) is 0 Å². The maximum atomic E-state index is 12.8. The van der Waals surface area contributed by atoms with Crippen LogP contribution in [0.15, 0.2) is 71.2 Å². The number of carbonyl (C=O) groups is 1. The van der Waals surface area contributed by atoms with Crippen LogP contribution in [0.25, 0.3) is 11.0 Å². The van der Waals surface area contributed by atoms with E-state index in [0.29, 0.717) is 12.2 Å². The van der Waals surface area contributed by atoms with Gasteiger partial charge in [0.05, 0.1) is 23.7 Å². The molecule has 1 heterocycles. The summed E-state index contributed by atoms with van der Waals surface area (Å²) in [6.45, 7) is 7.63. The average molecular weight is 520 g/mol. The van der Waals surface area contributed by atoms with Crippen molar-refractivity contribution in [2.75, 3.05) is 6.61 Å². The number of nitrogens with one attached hydrogen (secondary N) is 1. The van der Waals surface area contributed by atoms with E-state index in [1.54, 1.807) is 0 Å². The number of carbonyl (C=O) groups excluding carboxylic acids is 1. The maximum absolute atomic E-state index is 12.8. The molecule has 176 valence electrons. The van der Waals surface area contributed by atoms with Gasteiger partial charge in [-0.2, -0.15) is 0 Å². The van der Waals surface area contributed by atoms with E-state index in [-0.39, 0.29) is 11.9 Å². The van der Waals surface area contributed by atoms with Crippen molar-refractivity contribution < 1.29 is 9.53 Å². The highest BCUT2D eigenvalue weighted by Gasteiger charge is 2.19. The number of unbranched alkanes of at least 4 members (excludes halogenated alkanes) is 1. The molecular weight excluding hydrogens is 490 g/mol. The van der Waals surface area contributed by atoms with E-state index in [2.05, 4.69) is 63.9 Å². The number of halogens is 1. The number of rotatable bonds is 9. The third-order valence-electron chi connectivity index (χ3n) is 5.75. The Morgan fingerprint density at radius 2 is 1.79 bits per heavy atom. The molecule has 1 aromatic heterocycles. The maximum Gasteiger partial charge on any atom is 0.251 e. The fraction of sp³-hybridized carbons (Fsp3) is 0.286. The lowest BCUT2D eigenvalue weighted by Crippen LogP contribution is -2.28. The van der Waals surface area contributed by atoms with Gasteiger partial charge >= 0.3 is 0 Å². The predicted octanol–water partition coefficient (Wildman–Crippen LogP) is 6.77. The lowest BCUT2D eigenvalue weighted by Gasteiger charge is -2.17. The zero-order valence-electron chi connectivity index (χ0n) is 19.8. The Labute approximate surface area is 209 Å². The van der Waals surface area contributed by atoms with E-state index in [4.69, 9.17) is 9.72 Å². The number of ether oxygens (including phenoxy) is 1. The van der Waals surface area contributed by atoms with Crippen LogP contribution in [-0.4, -0.2) is 22.1 Å². The van der Waals surface area contributed by atoms with E-state index < -0.39 is 0 Å². The summed E-state index contributed by atoms with van der Waals surface area (Å²) in [5, 5.41) is 3.11. The Hall–Kier alpha value is -3.12. The van der Waals surface area contributed by atoms with Gasteiger partial charge in [-0.05, 0) is 87.2 Å². The van der Waals surface area contributed by atoms with E-state index in [1.807, 2.05) is 49.4 Å². The summed E-state index contributed by atoms with van der Waals surface area (Å²) in [6, 6.07) is 21.6. The van der Waals surface area contributed by atoms with Crippen molar-refractivity contribution in [2.45, 2.75) is 46.2 Å². The molecule has 0 aliphatic carbocycles. The monoisotopic (exact) mass is 519 g/mol. The summed E-state index contributed by atoms with van der Waals surface area (Å²) in [5.41, 5.74) is 5.06. The number of hydrogen-bond acceptors (Lipinski definition) is 3. The van der Waals surface area contributed by atoms with Crippen molar-refractivity contribution in [1.82, 2.24) is 14.9 Å². The number of aryl methyl sites for hydroxylation is 3. The van der Waals surface area contributed by atoms with Crippen LogP contribution >= 0.6 is 15.9 Å². The first-order valence-electron chi connectivity index (χ1n) is 11.6. The lowest BCUT2D eigenvalue weighted by molar-refractivity contribution is 0.0937. The quantitative estimate of drug-likeness (QED) is 0.248. The Kier molecular flexibility index (Phi) is 7.68. The van der Waals surface area contributed by atoms with Gasteiger partial charge in [-0.25, -0.2) is 4.98 Å². The second kappa shape index (κ2) is 10.9. The molecule has 0 radical (unpaired) electrons. The molecule has 1 atom stereocenters. The van der Waals surface area contributed by atoms with Crippen LogP contribution in [0.5, 0.6) is 5.75 Å². The van der Waals surface area contributed by atoms with Crippen molar-refractivity contribution in [3.05, 3.63) is 93.7 Å². The zero-order chi connectivity index (χ0) is 24.1. The number of hydrogen-bond donors (Lipinski definition) is 1. The third kappa shape index (κ3) is 5.86. The topological polar surface area (TPSA) is 56.1 Å². The standard InChI is InChI=1S/C28H30BrN3O2/c1-19-15-20(2)17-24(16-19)34-14-7-6-13-32-26-12-5-4-11-25(26)31-27(32)21(3)30-28(33)22-9-8-10-23(29)18-22/h4-5,8-12,15-18,21H,6-7,13-14H2,1-3H3,(H,30,33). The highest BCUT2D eigenvalue weighted by Crippen LogP contribution is 2.23. The molecule has 4 aromatic rings. The molecule has 0 fully saturated rings. The molecular formula is C28H30BrN3O2. The van der Waals surface area contributed by atoms with Crippen LogP contribution < -0.4 is 10.1 Å². The van der Waals surface area contributed by atoms with Gasteiger partial charge in [-0.15, -0.1) is 0 Å². The molecule has 34 heavy (non-hydrogen) atoms. The molecule has 1 N–H and O–H groups in total. The van der Waals surface area contributed by atoms with Gasteiger partial charge in [0.2, 0.25) is 0 Å². The fourth-order valence-electron chi connectivity index (χ4n) is 4.21. The summed E-state index contributed by atoms with van der Waals surface area (Å²) in [4.78, 5) is 17.7. The molecule has 4 rings (SSSR count). The third-order valence-corrected chi connectivity index (χ3v) is 6.24. The molecule has 0 saturated heterocycles. The summed E-state index contributed by atoms with van der Waals surface area (Å²) in [5.74, 6) is 1.67. The number of fused-ring (bicyclic) bond motifs is 1. The Balaban J connectivity index is 1.42. The van der Waals surface area contributed by atoms with Gasteiger partial charge in [0.15, 0.2) is 0 Å². The van der Waals surface area contributed by atoms with E-state index in [9.17, 15) is 4.79 Å². The van der Waals surface area contributed by atoms with Crippen molar-refractivity contribution in [3.8, 4) is 5.75 Å². The largest absolute Gasteiger partial charge is 0.494 e. The van der Waals surface area contributed by atoms with Crippen molar-refractivity contribution in [2.24, 2.45) is 0 Å². The highest BCUT2D eigenvalue weighted by molar-refractivity contribution is 9.10. The minimum Gasteiger partial charge on any atom is -0.494 e. The predicted molar refractivity (Wildman–Crippen MR) is 140 cm³/mol. The van der Waals surface area contributed by atoms with E-state index in [0.717, 1.165) is 46.5 Å². The molecule has 1 amide bonds. The molecule has 0 spiro atoms. The van der Waals surface area contributed by atoms with Gasteiger partial charge < -0.3 is 14.6 Å². The first-order chi connectivity index (χ1) is 16.4. The van der Waals surface area contributed by atoms with Crippen LogP contribution in [0.4, 0.5) is 0 Å². The Morgan fingerprint density at radius 3 is 2.56 bits per heavy atom. The first-order valence-corrected chi connectivity index (χ1v) is 12.4. The van der Waals surface area contributed by atoms with Crippen molar-refractivity contribution >= 4 is 32.9 Å². The van der Waals surface area contributed by atoms with Gasteiger partial charge in [0, 0.05) is 16.6 Å². The molecule has 0 saturated carbocycles. The van der Waals surface area contributed by atoms with Crippen LogP contribution in [0, 0.1) is 13.8 Å². The van der Waals surface area contributed by atoms with E-state index >= 15 is 0 Å². The molecule has 6 heteroatoms. The summed E-state index contributed by atoms with van der Waals surface area (Å²) in [7, 11) is 0. The average Bonchev–Trinajstić information content (AvgIpc) is 3.17. The number of imidazole rings is 1. The first kappa shape index (κ1) is 24.0. The van der Waals surface area contributed by atoms with Crippen molar-refractivity contribution in [3.63, 3.8) is 0 Å². The van der Waals surface area contributed by atoms with Crippen LogP contribution in [0.1, 0.15) is 53.1 Å². The van der Waals surface area contributed by atoms with Crippen LogP contribution in [0.2, 0.25) is 0 Å². The molecule has 1 unspecified atom stereocenters. The number of amides is 1. The van der Waals surface area contributed by atoms with Crippen LogP contribution in [-0.2, 0) is 6.54 Å². The SMILES string of the molecule is Cc1cc(C)cc(OCCCCn2c(C(C)NC(=O)c3cccc(Br)c3)nc3ccccc32)c1. The number of benzene rings is 3. The number of nitrogens with zero attached hydrogens (tertiary/aromatic N) is 2. The summed E-state index contributed by atoms with van der Waals surface area (Å²) >= 11 is 3.43. The molecule has 5 nitrogen and oxygen atoms in total. The Morgan fingerprint density at radius 1 is 1.03 bits per heavy atom. The molecule has 0 aliphatic heterocycles. The highest BCUT2D eigenvalue weighted by atomic mass is 79.9. The van der Waals surface area contributed by atoms with Gasteiger partial charge in [0.1, 0.15) is 11.6 Å². The van der Waals surface area contributed by atoms with E-state index in [1.165, 1.54) is 11.1 Å². The fourth-order valence-corrected chi connectivity index (χ4v) is 4.61. The molecule has 3 aromatic carbocycles. The normalized spacial score (nSPS) is 12.0. The van der Waals surface area contributed by atoms with Crippen molar-refractivity contribution in [1.29, 1.82) is 0 Å². The minimum atomic E-state index is -0.231. The second-order valence-corrected chi connectivity index (χ2v) is 9.61. The Bertz CT molecular complexity index is 1280. The zero-order valence-corrected chi connectivity index (χ0v) is 21.4. The smallest absolute Gasteiger partial charge is 0.251 e. The van der Waals surface area contributed by atoms with Gasteiger partial charge in [-0.3, -0.25) is 4.79 Å². The van der Waals surface area contributed by atoms with Gasteiger partial charge in [0.25, 0.3) is 5.91 Å². The number of para-hydroxylation sites is 2. The minimum absolute atomic E-state index is 0.116. The van der Waals surface area contributed by atoms with Gasteiger partial charge in [-0.1, -0.05) is 40.2 Å². The second-order valence-electron chi connectivity index (χ2n) is 8.69. The summed E-state index contributed by atoms with van der Waals surface area (Å²) in [6.07, 6.45) is 1.88. The number of aromatic nitrogens is 2. The molecule has 0 bridgehead atoms. The lowest BCUT2D eigenvalue weighted by atomic mass is 10.1.